The third kappa shape index (κ3) is 56.0. The van der Waals surface area contributed by atoms with Crippen molar-refractivity contribution in [2.75, 3.05) is 40.9 Å². The number of nitrogens with one attached hydrogen (secondary N) is 1. The fourth-order valence-electron chi connectivity index (χ4n) is 8.97. The fourth-order valence-corrected chi connectivity index (χ4v) is 9.71. The van der Waals surface area contributed by atoms with Crippen LogP contribution in [0.15, 0.2) is 48.6 Å². The molecule has 0 aromatic rings. The molecule has 8 nitrogen and oxygen atoms in total. The van der Waals surface area contributed by atoms with Gasteiger partial charge in [-0.1, -0.05) is 268 Å². The standard InChI is InChI=1S/C62H119N2O6P/c1-6-8-10-12-14-16-18-20-22-24-26-28-30-32-34-36-38-40-42-44-46-48-50-52-54-56-62(66)63-60(59-70-71(67,68)69-58-57-64(3,4)5)61(65)55-53-51-49-47-45-43-41-39-37-35-33-31-29-27-25-23-21-19-17-15-13-11-9-7-2/h18,20,24,26,45,47,53,55,60-61,65H,6-17,19,21-23,25,27-44,46,48-52,54,56-59H2,1-5H3,(H-,63,66,67,68)/p+1/b20-18-,26-24-,47-45+,55-53+. The monoisotopic (exact) mass is 1020 g/mol. The summed E-state index contributed by atoms with van der Waals surface area (Å²) in [4.78, 5) is 23.3. The maximum absolute atomic E-state index is 13.0. The molecule has 418 valence electrons. The number of aliphatic hydroxyl groups is 1. The van der Waals surface area contributed by atoms with Crippen LogP contribution >= 0.6 is 7.82 Å². The smallest absolute Gasteiger partial charge is 0.387 e. The van der Waals surface area contributed by atoms with Crippen molar-refractivity contribution in [3.8, 4) is 0 Å². The first kappa shape index (κ1) is 69.5. The summed E-state index contributed by atoms with van der Waals surface area (Å²) in [5.41, 5.74) is 0. The maximum Gasteiger partial charge on any atom is 0.472 e. The lowest BCUT2D eigenvalue weighted by Gasteiger charge is -2.25. The summed E-state index contributed by atoms with van der Waals surface area (Å²) in [7, 11) is 1.56. The number of likely N-dealkylation sites (N-methyl/N-ethyl adjacent to an activating group) is 1. The number of rotatable bonds is 56. The molecule has 0 aromatic heterocycles. The first-order valence-corrected chi connectivity index (χ1v) is 32.0. The molecule has 0 bridgehead atoms. The first-order valence-electron chi connectivity index (χ1n) is 30.5. The van der Waals surface area contributed by atoms with Gasteiger partial charge in [-0.2, -0.15) is 0 Å². The number of phosphoric acid groups is 1. The quantitative estimate of drug-likeness (QED) is 0.0243. The second-order valence-corrected chi connectivity index (χ2v) is 23.5. The van der Waals surface area contributed by atoms with Crippen LogP contribution in [0, 0.1) is 0 Å². The van der Waals surface area contributed by atoms with Crippen LogP contribution < -0.4 is 5.32 Å². The Hall–Kier alpha value is -1.54. The number of amides is 1. The summed E-state index contributed by atoms with van der Waals surface area (Å²) in [6.07, 6.45) is 70.8. The van der Waals surface area contributed by atoms with E-state index in [1.165, 1.54) is 225 Å². The number of phosphoric ester groups is 1. The molecular weight excluding hydrogens is 900 g/mol. The van der Waals surface area contributed by atoms with Crippen LogP contribution in [-0.2, 0) is 18.4 Å². The van der Waals surface area contributed by atoms with E-state index in [2.05, 4.69) is 55.6 Å². The SMILES string of the molecule is CCCCCCC/C=C\C/C=C\CCCCCCCCCCCCCCCC(=O)NC(COP(=O)(O)OCC[N+](C)(C)C)C(O)/C=C/CC/C=C/CCCCCCCCCCCCCCCCCCCC. The summed E-state index contributed by atoms with van der Waals surface area (Å²) in [6, 6.07) is -0.865. The van der Waals surface area contributed by atoms with E-state index in [1.54, 1.807) is 6.08 Å². The summed E-state index contributed by atoms with van der Waals surface area (Å²) in [5.74, 6) is -0.185. The molecule has 1 amide bonds. The number of carbonyl (C=O) groups is 1. The molecule has 71 heavy (non-hydrogen) atoms. The van der Waals surface area contributed by atoms with E-state index in [0.29, 0.717) is 17.4 Å². The van der Waals surface area contributed by atoms with Gasteiger partial charge in [0.15, 0.2) is 0 Å². The Morgan fingerprint density at radius 1 is 0.479 bits per heavy atom. The maximum atomic E-state index is 13.0. The Labute approximate surface area is 441 Å². The van der Waals surface area contributed by atoms with Crippen molar-refractivity contribution < 1.29 is 32.9 Å². The van der Waals surface area contributed by atoms with Crippen LogP contribution in [0.2, 0.25) is 0 Å². The molecule has 0 rings (SSSR count). The molecule has 0 saturated heterocycles. The molecular formula is C62H120N2O6P+. The van der Waals surface area contributed by atoms with E-state index in [1.807, 2.05) is 27.2 Å². The van der Waals surface area contributed by atoms with Gasteiger partial charge in [-0.3, -0.25) is 13.8 Å². The van der Waals surface area contributed by atoms with E-state index < -0.39 is 20.0 Å². The zero-order chi connectivity index (χ0) is 52.0. The van der Waals surface area contributed by atoms with Gasteiger partial charge >= 0.3 is 7.82 Å². The van der Waals surface area contributed by atoms with Crippen LogP contribution in [0.4, 0.5) is 0 Å². The summed E-state index contributed by atoms with van der Waals surface area (Å²) in [6.45, 7) is 4.82. The summed E-state index contributed by atoms with van der Waals surface area (Å²) >= 11 is 0. The van der Waals surface area contributed by atoms with E-state index in [0.717, 1.165) is 44.9 Å². The average Bonchev–Trinajstić information content (AvgIpc) is 3.33. The molecule has 0 aliphatic rings. The molecule has 0 spiro atoms. The lowest BCUT2D eigenvalue weighted by molar-refractivity contribution is -0.870. The predicted octanol–water partition coefficient (Wildman–Crippen LogP) is 18.7. The van der Waals surface area contributed by atoms with Gasteiger partial charge in [0.05, 0.1) is 39.9 Å². The normalized spacial score (nSPS) is 14.2. The van der Waals surface area contributed by atoms with Crippen molar-refractivity contribution in [2.24, 2.45) is 0 Å². The molecule has 0 aliphatic heterocycles. The van der Waals surface area contributed by atoms with Crippen molar-refractivity contribution in [3.05, 3.63) is 48.6 Å². The number of hydrogen-bond acceptors (Lipinski definition) is 5. The van der Waals surface area contributed by atoms with Crippen molar-refractivity contribution in [2.45, 2.75) is 302 Å². The number of carbonyl (C=O) groups excluding carboxylic acids is 1. The molecule has 9 heteroatoms. The number of aliphatic hydroxyl groups excluding tert-OH is 1. The van der Waals surface area contributed by atoms with Gasteiger partial charge in [-0.25, -0.2) is 4.57 Å². The van der Waals surface area contributed by atoms with Crippen molar-refractivity contribution in [3.63, 3.8) is 0 Å². The zero-order valence-corrected chi connectivity index (χ0v) is 48.6. The molecule has 0 aliphatic carbocycles. The van der Waals surface area contributed by atoms with E-state index in [4.69, 9.17) is 9.05 Å². The lowest BCUT2D eigenvalue weighted by Crippen LogP contribution is -2.45. The van der Waals surface area contributed by atoms with Gasteiger partial charge in [-0.05, 0) is 64.2 Å². The van der Waals surface area contributed by atoms with Gasteiger partial charge in [0, 0.05) is 6.42 Å². The first-order chi connectivity index (χ1) is 34.5. The Morgan fingerprint density at radius 2 is 0.817 bits per heavy atom. The highest BCUT2D eigenvalue weighted by molar-refractivity contribution is 7.47. The number of allylic oxidation sites excluding steroid dienone is 7. The van der Waals surface area contributed by atoms with E-state index in [9.17, 15) is 19.4 Å². The van der Waals surface area contributed by atoms with E-state index >= 15 is 0 Å². The van der Waals surface area contributed by atoms with Crippen LogP contribution in [-0.4, -0.2) is 73.4 Å². The number of quaternary nitrogens is 1. The summed E-state index contributed by atoms with van der Waals surface area (Å²) in [5, 5.41) is 13.9. The third-order valence-electron chi connectivity index (χ3n) is 13.8. The number of nitrogens with zero attached hydrogens (tertiary/aromatic N) is 1. The highest BCUT2D eigenvalue weighted by Crippen LogP contribution is 2.43. The van der Waals surface area contributed by atoms with Crippen LogP contribution in [0.1, 0.15) is 290 Å². The molecule has 0 radical (unpaired) electrons. The molecule has 3 atom stereocenters. The molecule has 3 unspecified atom stereocenters. The highest BCUT2D eigenvalue weighted by Gasteiger charge is 2.27. The van der Waals surface area contributed by atoms with Crippen molar-refractivity contribution >= 4 is 13.7 Å². The predicted molar refractivity (Wildman–Crippen MR) is 309 cm³/mol. The van der Waals surface area contributed by atoms with Crippen LogP contribution in [0.5, 0.6) is 0 Å². The highest BCUT2D eigenvalue weighted by atomic mass is 31.2. The second kappa shape index (κ2) is 53.3. The zero-order valence-electron chi connectivity index (χ0n) is 47.7. The molecule has 3 N–H and O–H groups in total. The van der Waals surface area contributed by atoms with Gasteiger partial charge in [0.25, 0.3) is 0 Å². The topological polar surface area (TPSA) is 105 Å². The number of hydrogen-bond donors (Lipinski definition) is 3. The van der Waals surface area contributed by atoms with Crippen molar-refractivity contribution in [1.82, 2.24) is 5.32 Å². The van der Waals surface area contributed by atoms with Gasteiger partial charge < -0.3 is 19.8 Å². The Balaban J connectivity index is 4.21. The molecule has 0 saturated carbocycles. The molecule has 0 heterocycles. The second-order valence-electron chi connectivity index (χ2n) is 22.1. The lowest BCUT2D eigenvalue weighted by atomic mass is 10.0. The van der Waals surface area contributed by atoms with Gasteiger partial charge in [-0.15, -0.1) is 0 Å². The van der Waals surface area contributed by atoms with Crippen molar-refractivity contribution in [1.29, 1.82) is 0 Å². The van der Waals surface area contributed by atoms with Crippen LogP contribution in [0.3, 0.4) is 0 Å². The summed E-state index contributed by atoms with van der Waals surface area (Å²) < 4.78 is 23.7. The minimum Gasteiger partial charge on any atom is -0.387 e. The van der Waals surface area contributed by atoms with Gasteiger partial charge in [0.2, 0.25) is 5.91 Å². The molecule has 0 fully saturated rings. The van der Waals surface area contributed by atoms with E-state index in [-0.39, 0.29) is 19.1 Å². The largest absolute Gasteiger partial charge is 0.472 e. The van der Waals surface area contributed by atoms with Gasteiger partial charge in [0.1, 0.15) is 13.2 Å². The Kier molecular flexibility index (Phi) is 52.1. The third-order valence-corrected chi connectivity index (χ3v) is 14.8. The molecule has 0 aromatic carbocycles. The van der Waals surface area contributed by atoms with Crippen LogP contribution in [0.25, 0.3) is 0 Å². The number of unbranched alkanes of at least 4 members (excludes halogenated alkanes) is 37. The Bertz CT molecular complexity index is 1290. The average molecular weight is 1020 g/mol. The fraction of sp³-hybridized carbons (Fsp3) is 0.855. The Morgan fingerprint density at radius 3 is 1.21 bits per heavy atom. The minimum absolute atomic E-state index is 0.0559. The minimum atomic E-state index is -4.36.